The highest BCUT2D eigenvalue weighted by molar-refractivity contribution is 7.80. The van der Waals surface area contributed by atoms with Gasteiger partial charge in [0.15, 0.2) is 0 Å². The van der Waals surface area contributed by atoms with Gasteiger partial charge in [0.05, 0.1) is 17.8 Å². The summed E-state index contributed by atoms with van der Waals surface area (Å²) in [5.41, 5.74) is 8.28. The molecule has 0 amide bonds. The first kappa shape index (κ1) is 13.2. The molecule has 1 fully saturated rings. The number of anilines is 1. The molecule has 2 rings (SSSR count). The average molecular weight is 267 g/mol. The smallest absolute Gasteiger partial charge is 0.139 e. The lowest BCUT2D eigenvalue weighted by atomic mass is 10.1. The van der Waals surface area contributed by atoms with Crippen molar-refractivity contribution in [1.29, 1.82) is 0 Å². The number of pyridine rings is 1. The van der Waals surface area contributed by atoms with Gasteiger partial charge in [0.2, 0.25) is 0 Å². The third kappa shape index (κ3) is 2.31. The number of aliphatic hydroxyl groups is 2. The SMILES string of the molecule is Cc1cc(C)c(C(N)=S)c(N2CC(O)C(O)C2)n1. The van der Waals surface area contributed by atoms with Crippen molar-refractivity contribution in [1.82, 2.24) is 4.98 Å². The Kier molecular flexibility index (Phi) is 3.52. The molecule has 1 aliphatic heterocycles. The summed E-state index contributed by atoms with van der Waals surface area (Å²) in [7, 11) is 0. The molecular weight excluding hydrogens is 250 g/mol. The van der Waals surface area contributed by atoms with Crippen LogP contribution in [0.4, 0.5) is 5.82 Å². The predicted molar refractivity (Wildman–Crippen MR) is 73.8 cm³/mol. The number of nitrogens with two attached hydrogens (primary N) is 1. The molecule has 2 atom stereocenters. The van der Waals surface area contributed by atoms with Crippen molar-refractivity contribution in [2.24, 2.45) is 5.73 Å². The number of aryl methyl sites for hydroxylation is 2. The highest BCUT2D eigenvalue weighted by atomic mass is 32.1. The first-order chi connectivity index (χ1) is 8.40. The lowest BCUT2D eigenvalue weighted by Gasteiger charge is -2.21. The fourth-order valence-electron chi connectivity index (χ4n) is 2.29. The van der Waals surface area contributed by atoms with Gasteiger partial charge in [0.1, 0.15) is 10.8 Å². The largest absolute Gasteiger partial charge is 0.389 e. The van der Waals surface area contributed by atoms with E-state index in [9.17, 15) is 10.2 Å². The number of hydrogen-bond donors (Lipinski definition) is 3. The van der Waals surface area contributed by atoms with Crippen LogP contribution in [0.1, 0.15) is 16.8 Å². The molecule has 0 spiro atoms. The van der Waals surface area contributed by atoms with Gasteiger partial charge in [0.25, 0.3) is 0 Å². The van der Waals surface area contributed by atoms with E-state index >= 15 is 0 Å². The lowest BCUT2D eigenvalue weighted by molar-refractivity contribution is 0.0572. The van der Waals surface area contributed by atoms with E-state index in [2.05, 4.69) is 4.98 Å². The maximum atomic E-state index is 9.61. The standard InChI is InChI=1S/C12H17N3O2S/c1-6-3-7(2)14-12(10(6)11(13)18)15-4-8(16)9(17)5-15/h3,8-9,16-17H,4-5H2,1-2H3,(H2,13,18). The Morgan fingerprint density at radius 1 is 1.39 bits per heavy atom. The lowest BCUT2D eigenvalue weighted by Crippen LogP contribution is -2.27. The Balaban J connectivity index is 2.47. The predicted octanol–water partition coefficient (Wildman–Crippen LogP) is -0.126. The zero-order chi connectivity index (χ0) is 13.4. The summed E-state index contributed by atoms with van der Waals surface area (Å²) in [5, 5.41) is 19.2. The summed E-state index contributed by atoms with van der Waals surface area (Å²) in [6.45, 7) is 4.50. The quantitative estimate of drug-likeness (QED) is 0.648. The Hall–Kier alpha value is -1.24. The van der Waals surface area contributed by atoms with Crippen LogP contribution in [0.15, 0.2) is 6.07 Å². The molecule has 18 heavy (non-hydrogen) atoms. The molecular formula is C12H17N3O2S. The van der Waals surface area contributed by atoms with E-state index < -0.39 is 12.2 Å². The van der Waals surface area contributed by atoms with Crippen LogP contribution in [0.5, 0.6) is 0 Å². The van der Waals surface area contributed by atoms with Crippen LogP contribution in [-0.4, -0.2) is 45.5 Å². The van der Waals surface area contributed by atoms with Crippen LogP contribution < -0.4 is 10.6 Å². The van der Waals surface area contributed by atoms with Crippen molar-refractivity contribution in [3.63, 3.8) is 0 Å². The fraction of sp³-hybridized carbons (Fsp3) is 0.500. The maximum absolute atomic E-state index is 9.61. The molecule has 0 aromatic carbocycles. The van der Waals surface area contributed by atoms with Gasteiger partial charge in [-0.3, -0.25) is 0 Å². The molecule has 4 N–H and O–H groups in total. The van der Waals surface area contributed by atoms with Crippen LogP contribution in [0.25, 0.3) is 0 Å². The monoisotopic (exact) mass is 267 g/mol. The number of aliphatic hydroxyl groups excluding tert-OH is 2. The second kappa shape index (κ2) is 4.79. The second-order valence-electron chi connectivity index (χ2n) is 4.68. The van der Waals surface area contributed by atoms with Gasteiger partial charge in [-0.2, -0.15) is 0 Å². The number of aromatic nitrogens is 1. The van der Waals surface area contributed by atoms with Gasteiger partial charge in [-0.25, -0.2) is 4.98 Å². The Morgan fingerprint density at radius 2 is 1.94 bits per heavy atom. The zero-order valence-corrected chi connectivity index (χ0v) is 11.2. The normalized spacial score (nSPS) is 23.4. The van der Waals surface area contributed by atoms with Gasteiger partial charge in [-0.15, -0.1) is 0 Å². The van der Waals surface area contributed by atoms with E-state index in [1.165, 1.54) is 0 Å². The number of rotatable bonds is 2. The van der Waals surface area contributed by atoms with Crippen LogP contribution in [0.2, 0.25) is 0 Å². The molecule has 5 nitrogen and oxygen atoms in total. The van der Waals surface area contributed by atoms with Crippen molar-refractivity contribution in [3.05, 3.63) is 22.9 Å². The van der Waals surface area contributed by atoms with E-state index in [0.717, 1.165) is 16.8 Å². The molecule has 6 heteroatoms. The van der Waals surface area contributed by atoms with Gasteiger partial charge >= 0.3 is 0 Å². The molecule has 98 valence electrons. The molecule has 2 heterocycles. The van der Waals surface area contributed by atoms with E-state index in [4.69, 9.17) is 18.0 Å². The molecule has 1 saturated heterocycles. The summed E-state index contributed by atoms with van der Waals surface area (Å²) in [5.74, 6) is 0.649. The highest BCUT2D eigenvalue weighted by Gasteiger charge is 2.32. The minimum Gasteiger partial charge on any atom is -0.389 e. The zero-order valence-electron chi connectivity index (χ0n) is 10.4. The van der Waals surface area contributed by atoms with E-state index in [1.54, 1.807) is 0 Å². The topological polar surface area (TPSA) is 82.6 Å². The molecule has 0 radical (unpaired) electrons. The van der Waals surface area contributed by atoms with Gasteiger partial charge in [-0.1, -0.05) is 12.2 Å². The molecule has 1 aromatic heterocycles. The minimum atomic E-state index is -0.758. The first-order valence-electron chi connectivity index (χ1n) is 5.79. The Labute approximate surface area is 111 Å². The third-order valence-corrected chi connectivity index (χ3v) is 3.33. The third-order valence-electron chi connectivity index (χ3n) is 3.13. The van der Waals surface area contributed by atoms with E-state index in [0.29, 0.717) is 18.9 Å². The van der Waals surface area contributed by atoms with Crippen LogP contribution >= 0.6 is 12.2 Å². The molecule has 2 unspecified atom stereocenters. The first-order valence-corrected chi connectivity index (χ1v) is 6.20. The fourth-order valence-corrected chi connectivity index (χ4v) is 2.55. The summed E-state index contributed by atoms with van der Waals surface area (Å²) in [6, 6.07) is 1.92. The number of thiocarbonyl (C=S) groups is 1. The van der Waals surface area contributed by atoms with Crippen LogP contribution in [0.3, 0.4) is 0 Å². The maximum Gasteiger partial charge on any atom is 0.139 e. The number of hydrogen-bond acceptors (Lipinski definition) is 5. The van der Waals surface area contributed by atoms with Gasteiger partial charge in [0, 0.05) is 18.8 Å². The minimum absolute atomic E-state index is 0.283. The molecule has 1 aliphatic rings. The molecule has 0 saturated carbocycles. The number of β-amino-alcohol motifs (C(OH)–C–C–N with tert-alkyl or cyclic N) is 2. The van der Waals surface area contributed by atoms with Crippen molar-refractivity contribution in [3.8, 4) is 0 Å². The van der Waals surface area contributed by atoms with E-state index in [1.807, 2.05) is 24.8 Å². The van der Waals surface area contributed by atoms with Crippen molar-refractivity contribution in [2.45, 2.75) is 26.1 Å². The average Bonchev–Trinajstić information content (AvgIpc) is 2.57. The second-order valence-corrected chi connectivity index (χ2v) is 5.12. The summed E-state index contributed by atoms with van der Waals surface area (Å²) >= 11 is 5.06. The van der Waals surface area contributed by atoms with Gasteiger partial charge < -0.3 is 20.8 Å². The summed E-state index contributed by atoms with van der Waals surface area (Å²) in [4.78, 5) is 6.55. The van der Waals surface area contributed by atoms with Crippen LogP contribution in [0, 0.1) is 13.8 Å². The van der Waals surface area contributed by atoms with Crippen LogP contribution in [-0.2, 0) is 0 Å². The molecule has 0 aliphatic carbocycles. The highest BCUT2D eigenvalue weighted by Crippen LogP contribution is 2.26. The molecule has 0 bridgehead atoms. The van der Waals surface area contributed by atoms with Crippen molar-refractivity contribution < 1.29 is 10.2 Å². The van der Waals surface area contributed by atoms with Crippen molar-refractivity contribution >= 4 is 23.0 Å². The van der Waals surface area contributed by atoms with Crippen molar-refractivity contribution in [2.75, 3.05) is 18.0 Å². The summed E-state index contributed by atoms with van der Waals surface area (Å²) < 4.78 is 0. The van der Waals surface area contributed by atoms with E-state index in [-0.39, 0.29) is 4.99 Å². The Bertz CT molecular complexity index is 482. The molecule has 1 aromatic rings. The Morgan fingerprint density at radius 3 is 2.44 bits per heavy atom. The number of nitrogens with zero attached hydrogens (tertiary/aromatic N) is 2. The van der Waals surface area contributed by atoms with Gasteiger partial charge in [-0.05, 0) is 25.5 Å². The summed E-state index contributed by atoms with van der Waals surface area (Å²) in [6.07, 6.45) is -1.52.